The van der Waals surface area contributed by atoms with Gasteiger partial charge in [0.05, 0.1) is 6.61 Å². The fraction of sp³-hybridized carbons (Fsp3) is 0.889. The molecule has 0 amide bonds. The third kappa shape index (κ3) is 2.87. The van der Waals surface area contributed by atoms with Gasteiger partial charge in [-0.15, -0.1) is 0 Å². The van der Waals surface area contributed by atoms with E-state index in [0.717, 1.165) is 18.1 Å². The van der Waals surface area contributed by atoms with Gasteiger partial charge in [-0.3, -0.25) is 9.69 Å². The van der Waals surface area contributed by atoms with Crippen molar-refractivity contribution >= 4 is 17.7 Å². The monoisotopic (exact) mass is 219 g/mol. The lowest BCUT2D eigenvalue weighted by Gasteiger charge is -2.36. The molecule has 1 N–H and O–H groups in total. The molecule has 1 saturated heterocycles. The molecule has 0 aliphatic carbocycles. The van der Waals surface area contributed by atoms with Gasteiger partial charge < -0.3 is 9.84 Å². The molecule has 1 aliphatic heterocycles. The SMILES string of the molecule is COCC(C(=O)O)N1CCSCC1C. The number of carbonyl (C=O) groups is 1. The lowest BCUT2D eigenvalue weighted by Crippen LogP contribution is -2.52. The van der Waals surface area contributed by atoms with Crippen molar-refractivity contribution in [2.45, 2.75) is 19.0 Å². The summed E-state index contributed by atoms with van der Waals surface area (Å²) in [5.74, 6) is 1.23. The van der Waals surface area contributed by atoms with Crippen LogP contribution in [0.25, 0.3) is 0 Å². The molecule has 4 nitrogen and oxygen atoms in total. The van der Waals surface area contributed by atoms with Gasteiger partial charge >= 0.3 is 5.97 Å². The highest BCUT2D eigenvalue weighted by molar-refractivity contribution is 7.99. The molecule has 1 fully saturated rings. The molecule has 1 heterocycles. The second-order valence-corrected chi connectivity index (χ2v) is 4.62. The fourth-order valence-electron chi connectivity index (χ4n) is 1.67. The first-order chi connectivity index (χ1) is 6.66. The number of aliphatic carboxylic acids is 1. The van der Waals surface area contributed by atoms with Crippen LogP contribution in [0.4, 0.5) is 0 Å². The molecule has 0 spiro atoms. The Morgan fingerprint density at radius 1 is 1.79 bits per heavy atom. The van der Waals surface area contributed by atoms with Crippen LogP contribution >= 0.6 is 11.8 Å². The fourth-order valence-corrected chi connectivity index (χ4v) is 2.71. The predicted molar refractivity (Wildman–Crippen MR) is 56.8 cm³/mol. The number of carboxylic acids is 1. The quantitative estimate of drug-likeness (QED) is 0.747. The zero-order valence-corrected chi connectivity index (χ0v) is 9.42. The normalized spacial score (nSPS) is 26.0. The number of nitrogens with zero attached hydrogens (tertiary/aromatic N) is 1. The first-order valence-electron chi connectivity index (χ1n) is 4.72. The summed E-state index contributed by atoms with van der Waals surface area (Å²) in [6.07, 6.45) is 0. The topological polar surface area (TPSA) is 49.8 Å². The van der Waals surface area contributed by atoms with Crippen LogP contribution in [-0.4, -0.2) is 59.8 Å². The summed E-state index contributed by atoms with van der Waals surface area (Å²) in [6.45, 7) is 3.17. The second-order valence-electron chi connectivity index (χ2n) is 3.47. The van der Waals surface area contributed by atoms with Crippen LogP contribution in [0.3, 0.4) is 0 Å². The van der Waals surface area contributed by atoms with E-state index in [-0.39, 0.29) is 6.61 Å². The van der Waals surface area contributed by atoms with Gasteiger partial charge in [0.2, 0.25) is 0 Å². The van der Waals surface area contributed by atoms with Crippen LogP contribution in [0.1, 0.15) is 6.92 Å². The average Bonchev–Trinajstić information content (AvgIpc) is 2.15. The van der Waals surface area contributed by atoms with Crippen molar-refractivity contribution < 1.29 is 14.6 Å². The van der Waals surface area contributed by atoms with E-state index < -0.39 is 12.0 Å². The van der Waals surface area contributed by atoms with Crippen LogP contribution in [-0.2, 0) is 9.53 Å². The molecule has 14 heavy (non-hydrogen) atoms. The smallest absolute Gasteiger partial charge is 0.323 e. The van der Waals surface area contributed by atoms with Crippen molar-refractivity contribution in [3.63, 3.8) is 0 Å². The zero-order valence-electron chi connectivity index (χ0n) is 8.60. The Bertz CT molecular complexity index is 200. The van der Waals surface area contributed by atoms with Gasteiger partial charge in [0.1, 0.15) is 6.04 Å². The van der Waals surface area contributed by atoms with E-state index in [0.29, 0.717) is 6.04 Å². The lowest BCUT2D eigenvalue weighted by molar-refractivity contribution is -0.146. The van der Waals surface area contributed by atoms with E-state index in [1.54, 1.807) is 7.11 Å². The van der Waals surface area contributed by atoms with Crippen LogP contribution in [0.15, 0.2) is 0 Å². The maximum atomic E-state index is 11.0. The van der Waals surface area contributed by atoms with Crippen molar-refractivity contribution in [3.05, 3.63) is 0 Å². The van der Waals surface area contributed by atoms with Gasteiger partial charge in [-0.25, -0.2) is 0 Å². The molecule has 0 aromatic heterocycles. The number of ether oxygens (including phenoxy) is 1. The molecule has 0 aromatic rings. The largest absolute Gasteiger partial charge is 0.480 e. The number of methoxy groups -OCH3 is 1. The maximum absolute atomic E-state index is 11.0. The molecule has 5 heteroatoms. The van der Waals surface area contributed by atoms with E-state index in [4.69, 9.17) is 9.84 Å². The van der Waals surface area contributed by atoms with E-state index >= 15 is 0 Å². The number of hydrogen-bond acceptors (Lipinski definition) is 4. The highest BCUT2D eigenvalue weighted by Crippen LogP contribution is 2.18. The van der Waals surface area contributed by atoms with Crippen molar-refractivity contribution in [1.82, 2.24) is 4.90 Å². The molecule has 0 aromatic carbocycles. The Labute approximate surface area is 88.6 Å². The third-order valence-electron chi connectivity index (χ3n) is 2.43. The van der Waals surface area contributed by atoms with Gasteiger partial charge in [-0.1, -0.05) is 0 Å². The number of carboxylic acid groups (broad SMARTS) is 1. The van der Waals surface area contributed by atoms with E-state index in [9.17, 15) is 4.79 Å². The molecule has 0 bridgehead atoms. The average molecular weight is 219 g/mol. The minimum absolute atomic E-state index is 0.268. The number of rotatable bonds is 4. The van der Waals surface area contributed by atoms with Gasteiger partial charge in [-0.2, -0.15) is 11.8 Å². The van der Waals surface area contributed by atoms with Crippen LogP contribution in [0, 0.1) is 0 Å². The molecular formula is C9H17NO3S. The summed E-state index contributed by atoms with van der Waals surface area (Å²) in [7, 11) is 1.54. The molecule has 0 radical (unpaired) electrons. The van der Waals surface area contributed by atoms with Crippen LogP contribution in [0.2, 0.25) is 0 Å². The molecule has 82 valence electrons. The Balaban J connectivity index is 2.60. The van der Waals surface area contributed by atoms with Gasteiger partial charge in [-0.05, 0) is 6.92 Å². The van der Waals surface area contributed by atoms with Crippen molar-refractivity contribution in [2.75, 3.05) is 31.8 Å². The summed E-state index contributed by atoms with van der Waals surface area (Å²) < 4.78 is 4.94. The molecular weight excluding hydrogens is 202 g/mol. The first kappa shape index (κ1) is 11.8. The Morgan fingerprint density at radius 3 is 3.00 bits per heavy atom. The van der Waals surface area contributed by atoms with Gasteiger partial charge in [0.25, 0.3) is 0 Å². The van der Waals surface area contributed by atoms with Gasteiger partial charge in [0.15, 0.2) is 0 Å². The highest BCUT2D eigenvalue weighted by atomic mass is 32.2. The predicted octanol–water partition coefficient (Wildman–Crippen LogP) is 0.523. The highest BCUT2D eigenvalue weighted by Gasteiger charge is 2.30. The zero-order chi connectivity index (χ0) is 10.6. The standard InChI is InChI=1S/C9H17NO3S/c1-7-6-14-4-3-10(7)8(5-13-2)9(11)12/h7-8H,3-6H2,1-2H3,(H,11,12). The van der Waals surface area contributed by atoms with Crippen LogP contribution in [0.5, 0.6) is 0 Å². The van der Waals surface area contributed by atoms with Crippen LogP contribution < -0.4 is 0 Å². The molecule has 1 aliphatic rings. The summed E-state index contributed by atoms with van der Waals surface area (Å²) in [5.41, 5.74) is 0. The number of thioether (sulfide) groups is 1. The molecule has 2 atom stereocenters. The second kappa shape index (κ2) is 5.58. The van der Waals surface area contributed by atoms with E-state index in [1.807, 2.05) is 16.7 Å². The van der Waals surface area contributed by atoms with E-state index in [1.165, 1.54) is 0 Å². The minimum atomic E-state index is -0.786. The van der Waals surface area contributed by atoms with Crippen molar-refractivity contribution in [1.29, 1.82) is 0 Å². The van der Waals surface area contributed by atoms with Gasteiger partial charge in [0, 0.05) is 31.2 Å². The van der Waals surface area contributed by atoms with E-state index in [2.05, 4.69) is 6.92 Å². The third-order valence-corrected chi connectivity index (χ3v) is 3.62. The van der Waals surface area contributed by atoms with Crippen molar-refractivity contribution in [3.8, 4) is 0 Å². The maximum Gasteiger partial charge on any atom is 0.323 e. The summed E-state index contributed by atoms with van der Waals surface area (Å²) in [4.78, 5) is 13.0. The number of hydrogen-bond donors (Lipinski definition) is 1. The minimum Gasteiger partial charge on any atom is -0.480 e. The molecule has 2 unspecified atom stereocenters. The Kier molecular flexibility index (Phi) is 4.71. The lowest BCUT2D eigenvalue weighted by atomic mass is 10.2. The first-order valence-corrected chi connectivity index (χ1v) is 5.87. The molecule has 0 saturated carbocycles. The van der Waals surface area contributed by atoms with Crippen molar-refractivity contribution in [2.24, 2.45) is 0 Å². The molecule has 1 rings (SSSR count). The summed E-state index contributed by atoms with van der Waals surface area (Å²) >= 11 is 1.88. The Morgan fingerprint density at radius 2 is 2.50 bits per heavy atom. The Hall–Kier alpha value is -0.260. The summed E-state index contributed by atoms with van der Waals surface area (Å²) in [6, 6.07) is -0.166. The summed E-state index contributed by atoms with van der Waals surface area (Å²) in [5, 5.41) is 9.05.